The average molecular weight is 224 g/mol. The van der Waals surface area contributed by atoms with Gasteiger partial charge in [-0.3, -0.25) is 4.68 Å². The van der Waals surface area contributed by atoms with Crippen LogP contribution in [0.2, 0.25) is 0 Å². The van der Waals surface area contributed by atoms with Gasteiger partial charge in [0.1, 0.15) is 0 Å². The summed E-state index contributed by atoms with van der Waals surface area (Å²) < 4.78 is 1.76. The second-order valence-electron chi connectivity index (χ2n) is 4.72. The van der Waals surface area contributed by atoms with Crippen molar-refractivity contribution in [1.29, 1.82) is 0 Å². The van der Waals surface area contributed by atoms with E-state index in [4.69, 9.17) is 5.73 Å². The van der Waals surface area contributed by atoms with Crippen LogP contribution in [0.25, 0.3) is 0 Å². The van der Waals surface area contributed by atoms with Gasteiger partial charge in [-0.05, 0) is 31.2 Å². The predicted molar refractivity (Wildman–Crippen MR) is 66.0 cm³/mol. The van der Waals surface area contributed by atoms with Crippen molar-refractivity contribution in [3.05, 3.63) is 11.9 Å². The summed E-state index contributed by atoms with van der Waals surface area (Å²) in [6.07, 6.45) is 7.71. The van der Waals surface area contributed by atoms with E-state index in [-0.39, 0.29) is 5.41 Å². The molecular weight excluding hydrogens is 200 g/mol. The Bertz CT molecular complexity index is 302. The third-order valence-corrected chi connectivity index (χ3v) is 3.45. The van der Waals surface area contributed by atoms with Crippen molar-refractivity contribution in [2.45, 2.75) is 46.0 Å². The first-order valence-electron chi connectivity index (χ1n) is 6.21. The van der Waals surface area contributed by atoms with Gasteiger partial charge >= 0.3 is 0 Å². The lowest BCUT2D eigenvalue weighted by atomic mass is 9.76. The summed E-state index contributed by atoms with van der Waals surface area (Å²) in [5.74, 6) is 0. The van der Waals surface area contributed by atoms with Gasteiger partial charge in [0, 0.05) is 13.2 Å². The highest BCUT2D eigenvalue weighted by Crippen LogP contribution is 2.31. The van der Waals surface area contributed by atoms with E-state index >= 15 is 0 Å². The molecule has 4 nitrogen and oxygen atoms in total. The standard InChI is InChI=1S/C12H24N4/c1-4-6-7-12(5-2,10-13)8-11-9-16(3)15-14-11/h9H,4-8,10,13H2,1-3H3. The van der Waals surface area contributed by atoms with Crippen LogP contribution in [-0.4, -0.2) is 21.5 Å². The van der Waals surface area contributed by atoms with Gasteiger partial charge in [0.25, 0.3) is 0 Å². The first kappa shape index (κ1) is 13.2. The molecule has 1 heterocycles. The van der Waals surface area contributed by atoms with E-state index in [9.17, 15) is 0 Å². The summed E-state index contributed by atoms with van der Waals surface area (Å²) in [5, 5.41) is 8.14. The molecule has 4 heteroatoms. The molecule has 0 spiro atoms. The Balaban J connectivity index is 2.69. The molecule has 1 atom stereocenters. The fourth-order valence-corrected chi connectivity index (χ4v) is 2.12. The largest absolute Gasteiger partial charge is 0.330 e. The Morgan fingerprint density at radius 2 is 2.19 bits per heavy atom. The number of aromatic nitrogens is 3. The maximum absolute atomic E-state index is 5.96. The zero-order valence-corrected chi connectivity index (χ0v) is 10.7. The van der Waals surface area contributed by atoms with Gasteiger partial charge in [-0.2, -0.15) is 0 Å². The van der Waals surface area contributed by atoms with Crippen LogP contribution in [0.15, 0.2) is 6.20 Å². The van der Waals surface area contributed by atoms with Crippen molar-refractivity contribution >= 4 is 0 Å². The highest BCUT2D eigenvalue weighted by molar-refractivity contribution is 4.99. The van der Waals surface area contributed by atoms with Crippen molar-refractivity contribution in [2.75, 3.05) is 6.54 Å². The number of unbranched alkanes of at least 4 members (excludes halogenated alkanes) is 1. The minimum Gasteiger partial charge on any atom is -0.330 e. The van der Waals surface area contributed by atoms with E-state index in [0.717, 1.165) is 25.1 Å². The van der Waals surface area contributed by atoms with Gasteiger partial charge in [0.05, 0.1) is 5.69 Å². The zero-order chi connectivity index (χ0) is 12.0. The topological polar surface area (TPSA) is 56.7 Å². The minimum atomic E-state index is 0.214. The molecule has 16 heavy (non-hydrogen) atoms. The SMILES string of the molecule is CCCCC(CC)(CN)Cc1cn(C)nn1. The highest BCUT2D eigenvalue weighted by Gasteiger charge is 2.27. The van der Waals surface area contributed by atoms with Gasteiger partial charge < -0.3 is 5.73 Å². The molecule has 0 saturated carbocycles. The summed E-state index contributed by atoms with van der Waals surface area (Å²) in [5.41, 5.74) is 7.23. The van der Waals surface area contributed by atoms with Crippen molar-refractivity contribution in [2.24, 2.45) is 18.2 Å². The lowest BCUT2D eigenvalue weighted by molar-refractivity contribution is 0.248. The normalized spacial score (nSPS) is 15.0. The molecule has 0 bridgehead atoms. The molecule has 0 amide bonds. The quantitative estimate of drug-likeness (QED) is 0.769. The van der Waals surface area contributed by atoms with Gasteiger partial charge in [0.2, 0.25) is 0 Å². The molecule has 2 N–H and O–H groups in total. The Hall–Kier alpha value is -0.900. The van der Waals surface area contributed by atoms with E-state index in [1.165, 1.54) is 19.3 Å². The Kier molecular flexibility index (Phi) is 4.93. The Morgan fingerprint density at radius 1 is 1.44 bits per heavy atom. The monoisotopic (exact) mass is 224 g/mol. The predicted octanol–water partition coefficient (Wildman–Crippen LogP) is 1.90. The van der Waals surface area contributed by atoms with Gasteiger partial charge in [-0.15, -0.1) is 5.10 Å². The zero-order valence-electron chi connectivity index (χ0n) is 10.7. The van der Waals surface area contributed by atoms with Crippen LogP contribution in [0, 0.1) is 5.41 Å². The fraction of sp³-hybridized carbons (Fsp3) is 0.833. The first-order valence-corrected chi connectivity index (χ1v) is 6.21. The van der Waals surface area contributed by atoms with Crippen molar-refractivity contribution in [3.63, 3.8) is 0 Å². The van der Waals surface area contributed by atoms with Crippen LogP contribution < -0.4 is 5.73 Å². The van der Waals surface area contributed by atoms with Gasteiger partial charge in [-0.25, -0.2) is 0 Å². The molecule has 92 valence electrons. The lowest BCUT2D eigenvalue weighted by Crippen LogP contribution is -2.32. The molecule has 0 aliphatic heterocycles. The van der Waals surface area contributed by atoms with E-state index in [2.05, 4.69) is 24.2 Å². The van der Waals surface area contributed by atoms with Crippen LogP contribution in [0.5, 0.6) is 0 Å². The molecule has 0 aliphatic rings. The molecular formula is C12H24N4. The molecule has 0 radical (unpaired) electrons. The summed E-state index contributed by atoms with van der Waals surface area (Å²) in [6.45, 7) is 5.18. The summed E-state index contributed by atoms with van der Waals surface area (Å²) in [6, 6.07) is 0. The maximum Gasteiger partial charge on any atom is 0.0833 e. The average Bonchev–Trinajstić information content (AvgIpc) is 2.70. The fourth-order valence-electron chi connectivity index (χ4n) is 2.12. The smallest absolute Gasteiger partial charge is 0.0833 e. The van der Waals surface area contributed by atoms with E-state index < -0.39 is 0 Å². The van der Waals surface area contributed by atoms with Crippen molar-refractivity contribution < 1.29 is 0 Å². The third kappa shape index (κ3) is 3.30. The molecule has 1 aromatic heterocycles. The number of nitrogens with two attached hydrogens (primary N) is 1. The second-order valence-corrected chi connectivity index (χ2v) is 4.72. The van der Waals surface area contributed by atoms with Crippen molar-refractivity contribution in [1.82, 2.24) is 15.0 Å². The molecule has 0 aromatic carbocycles. The molecule has 1 rings (SSSR count). The third-order valence-electron chi connectivity index (χ3n) is 3.45. The Morgan fingerprint density at radius 3 is 2.62 bits per heavy atom. The van der Waals surface area contributed by atoms with Crippen molar-refractivity contribution in [3.8, 4) is 0 Å². The maximum atomic E-state index is 5.96. The number of aryl methyl sites for hydroxylation is 1. The number of hydrogen-bond donors (Lipinski definition) is 1. The van der Waals surface area contributed by atoms with Gasteiger partial charge in [0.15, 0.2) is 0 Å². The van der Waals surface area contributed by atoms with Gasteiger partial charge in [-0.1, -0.05) is 31.9 Å². The molecule has 1 unspecified atom stereocenters. The first-order chi connectivity index (χ1) is 7.65. The second kappa shape index (κ2) is 5.99. The summed E-state index contributed by atoms with van der Waals surface area (Å²) in [4.78, 5) is 0. The molecule has 0 fully saturated rings. The minimum absolute atomic E-state index is 0.214. The number of rotatable bonds is 7. The summed E-state index contributed by atoms with van der Waals surface area (Å²) >= 11 is 0. The van der Waals surface area contributed by atoms with Crippen LogP contribution in [0.4, 0.5) is 0 Å². The Labute approximate surface area is 98.2 Å². The molecule has 0 saturated heterocycles. The van der Waals surface area contributed by atoms with Crippen LogP contribution in [0.1, 0.15) is 45.2 Å². The van der Waals surface area contributed by atoms with Crippen LogP contribution in [-0.2, 0) is 13.5 Å². The summed E-state index contributed by atoms with van der Waals surface area (Å²) in [7, 11) is 1.90. The molecule has 1 aromatic rings. The molecule has 0 aliphatic carbocycles. The van der Waals surface area contributed by atoms with E-state index in [0.29, 0.717) is 0 Å². The highest BCUT2D eigenvalue weighted by atomic mass is 15.4. The van der Waals surface area contributed by atoms with Crippen LogP contribution in [0.3, 0.4) is 0 Å². The number of hydrogen-bond acceptors (Lipinski definition) is 3. The number of nitrogens with zero attached hydrogens (tertiary/aromatic N) is 3. The lowest BCUT2D eigenvalue weighted by Gasteiger charge is -2.30. The van der Waals surface area contributed by atoms with E-state index in [1.807, 2.05) is 13.2 Å². The van der Waals surface area contributed by atoms with E-state index in [1.54, 1.807) is 4.68 Å². The van der Waals surface area contributed by atoms with Crippen LogP contribution >= 0.6 is 0 Å².